The highest BCUT2D eigenvalue weighted by molar-refractivity contribution is 8.00. The Balaban J connectivity index is 1.45. The minimum atomic E-state index is -4.06. The number of hydrogen-bond donors (Lipinski definition) is 2. The highest BCUT2D eigenvalue weighted by Crippen LogP contribution is 2.49. The first-order chi connectivity index (χ1) is 18.9. The zero-order valence-corrected chi connectivity index (χ0v) is 23.1. The summed E-state index contributed by atoms with van der Waals surface area (Å²) in [6, 6.07) is 15.7. The maximum Gasteiger partial charge on any atom is 0.530 e. The van der Waals surface area contributed by atoms with E-state index in [1.807, 2.05) is 18.2 Å². The lowest BCUT2D eigenvalue weighted by molar-refractivity contribution is -0.139. The predicted molar refractivity (Wildman–Crippen MR) is 143 cm³/mol. The monoisotopic (exact) mass is 584 g/mol. The van der Waals surface area contributed by atoms with E-state index in [1.54, 1.807) is 36.4 Å². The molecule has 2 aromatic rings. The van der Waals surface area contributed by atoms with Crippen molar-refractivity contribution < 1.29 is 47.1 Å². The number of nitrogens with two attached hydrogens (primary N) is 1. The third-order valence-corrected chi connectivity index (χ3v) is 7.91. The van der Waals surface area contributed by atoms with Crippen LogP contribution in [0.4, 0.5) is 0 Å². The van der Waals surface area contributed by atoms with Crippen molar-refractivity contribution >= 4 is 31.4 Å². The van der Waals surface area contributed by atoms with E-state index < -0.39 is 13.1 Å². The summed E-state index contributed by atoms with van der Waals surface area (Å²) in [5.74, 6) is 5.81. The Bertz CT molecular complexity index is 1080. The Morgan fingerprint density at radius 1 is 0.949 bits per heavy atom. The number of nitrogens with zero attached hydrogens (tertiary/aromatic N) is 1. The van der Waals surface area contributed by atoms with Crippen LogP contribution in [0.1, 0.15) is 12.0 Å². The smallest absolute Gasteiger partial charge is 0.491 e. The molecule has 0 radical (unpaired) electrons. The van der Waals surface area contributed by atoms with Crippen molar-refractivity contribution in [3.63, 3.8) is 0 Å². The van der Waals surface area contributed by atoms with Gasteiger partial charge < -0.3 is 19.1 Å². The molecule has 0 bridgehead atoms. The van der Waals surface area contributed by atoms with Crippen LogP contribution in [-0.2, 0) is 39.4 Å². The summed E-state index contributed by atoms with van der Waals surface area (Å²) in [5, 5.41) is 8.46. The van der Waals surface area contributed by atoms with E-state index in [2.05, 4.69) is 4.84 Å². The molecule has 2 atom stereocenters. The lowest BCUT2D eigenvalue weighted by atomic mass is 10.2. The summed E-state index contributed by atoms with van der Waals surface area (Å²) >= 11 is 1.26. The SMILES string of the molecule is NOCc1ccc(OP(=O)(OCCOCCN2C(=O)CC(SCCO)C2=O)OCCOc2ccccc2)cc1. The summed E-state index contributed by atoms with van der Waals surface area (Å²) in [6.07, 6.45) is 0.110. The van der Waals surface area contributed by atoms with Crippen LogP contribution in [0.15, 0.2) is 54.6 Å². The number of amides is 2. The molecule has 0 spiro atoms. The molecule has 1 fully saturated rings. The maximum atomic E-state index is 13.3. The third-order valence-electron chi connectivity index (χ3n) is 5.28. The molecule has 2 aromatic carbocycles. The lowest BCUT2D eigenvalue weighted by Crippen LogP contribution is -2.34. The van der Waals surface area contributed by atoms with E-state index in [0.29, 0.717) is 11.5 Å². The average Bonchev–Trinajstić information content (AvgIpc) is 3.21. The number of likely N-dealkylation sites (tertiary alicyclic amines) is 1. The van der Waals surface area contributed by atoms with Crippen molar-refractivity contribution in [1.29, 1.82) is 0 Å². The Kier molecular flexibility index (Phi) is 13.2. The van der Waals surface area contributed by atoms with Crippen LogP contribution in [0.5, 0.6) is 11.5 Å². The number of carbonyl (C=O) groups is 2. The number of aliphatic hydroxyl groups is 1. The van der Waals surface area contributed by atoms with Gasteiger partial charge in [0.2, 0.25) is 11.8 Å². The van der Waals surface area contributed by atoms with Gasteiger partial charge in [0.15, 0.2) is 0 Å². The topological polar surface area (TPSA) is 156 Å². The van der Waals surface area contributed by atoms with Gasteiger partial charge >= 0.3 is 7.82 Å². The van der Waals surface area contributed by atoms with Crippen LogP contribution in [0, 0.1) is 0 Å². The van der Waals surface area contributed by atoms with E-state index in [4.69, 9.17) is 34.0 Å². The molecule has 3 N–H and O–H groups in total. The summed E-state index contributed by atoms with van der Waals surface area (Å²) in [4.78, 5) is 30.2. The molecule has 2 amide bonds. The van der Waals surface area contributed by atoms with Gasteiger partial charge in [-0.15, -0.1) is 11.8 Å². The lowest BCUT2D eigenvalue weighted by Gasteiger charge is -2.19. The number of thioether (sulfide) groups is 1. The second kappa shape index (κ2) is 16.6. The largest absolute Gasteiger partial charge is 0.530 e. The van der Waals surface area contributed by atoms with Gasteiger partial charge in [-0.1, -0.05) is 30.3 Å². The molecule has 1 saturated heterocycles. The van der Waals surface area contributed by atoms with E-state index in [1.165, 1.54) is 11.8 Å². The number of aliphatic hydroxyl groups excluding tert-OH is 1. The molecular formula is C25H33N2O10PS. The minimum absolute atomic E-state index is 0.0168. The highest BCUT2D eigenvalue weighted by Gasteiger charge is 2.38. The fraction of sp³-hybridized carbons (Fsp3) is 0.440. The van der Waals surface area contributed by atoms with E-state index >= 15 is 0 Å². The van der Waals surface area contributed by atoms with Gasteiger partial charge in [0.05, 0.1) is 51.4 Å². The van der Waals surface area contributed by atoms with Gasteiger partial charge in [-0.3, -0.25) is 28.4 Å². The molecular weight excluding hydrogens is 551 g/mol. The zero-order valence-electron chi connectivity index (χ0n) is 21.3. The molecule has 3 rings (SSSR count). The average molecular weight is 585 g/mol. The molecule has 1 aliphatic rings. The fourth-order valence-electron chi connectivity index (χ4n) is 3.47. The summed E-state index contributed by atoms with van der Waals surface area (Å²) in [5.41, 5.74) is 0.791. The Morgan fingerprint density at radius 2 is 1.67 bits per heavy atom. The van der Waals surface area contributed by atoms with Gasteiger partial charge in [-0.05, 0) is 29.8 Å². The zero-order chi connectivity index (χ0) is 27.9. The summed E-state index contributed by atoms with van der Waals surface area (Å²) < 4.78 is 40.8. The first kappa shape index (κ1) is 31.1. The molecule has 39 heavy (non-hydrogen) atoms. The number of phosphoric ester groups is 1. The number of benzene rings is 2. The standard InChI is InChI=1S/C25H33N2O10PS/c26-34-19-20-6-8-22(9-7-20)37-38(31,36-16-14-33-21-4-2-1-3-5-21)35-15-13-32-12-10-27-24(29)18-23(25(27)30)39-17-11-28/h1-9,23,28H,10-19,26H2. The molecule has 0 saturated carbocycles. The van der Waals surface area contributed by atoms with Crippen LogP contribution >= 0.6 is 19.6 Å². The number of rotatable bonds is 19. The molecule has 2 unspecified atom stereocenters. The van der Waals surface area contributed by atoms with Crippen molar-refractivity contribution in [3.8, 4) is 11.5 Å². The van der Waals surface area contributed by atoms with Crippen LogP contribution in [0.2, 0.25) is 0 Å². The van der Waals surface area contributed by atoms with Gasteiger partial charge in [0.25, 0.3) is 0 Å². The van der Waals surface area contributed by atoms with Crippen LogP contribution in [0.25, 0.3) is 0 Å². The number of phosphoric acid groups is 1. The number of ether oxygens (including phenoxy) is 2. The second-order valence-corrected chi connectivity index (χ2v) is 11.0. The Labute approximate surface area is 231 Å². The molecule has 0 aliphatic carbocycles. The number of carbonyl (C=O) groups excluding carboxylic acids is 2. The van der Waals surface area contributed by atoms with Gasteiger partial charge in [-0.25, -0.2) is 10.5 Å². The van der Waals surface area contributed by atoms with Crippen LogP contribution < -0.4 is 15.2 Å². The number of hydrogen-bond acceptors (Lipinski definition) is 12. The fourth-order valence-corrected chi connectivity index (χ4v) is 5.54. The van der Waals surface area contributed by atoms with Crippen molar-refractivity contribution in [2.75, 3.05) is 51.9 Å². The van der Waals surface area contributed by atoms with E-state index in [9.17, 15) is 14.2 Å². The van der Waals surface area contributed by atoms with Crippen molar-refractivity contribution in [2.45, 2.75) is 18.3 Å². The molecule has 12 nitrogen and oxygen atoms in total. The quantitative estimate of drug-likeness (QED) is 0.108. The summed E-state index contributed by atoms with van der Waals surface area (Å²) in [7, 11) is -4.06. The Morgan fingerprint density at radius 3 is 2.36 bits per heavy atom. The molecule has 1 aliphatic heterocycles. The molecule has 214 valence electrons. The normalized spacial score (nSPS) is 16.9. The van der Waals surface area contributed by atoms with Gasteiger partial charge in [-0.2, -0.15) is 0 Å². The van der Waals surface area contributed by atoms with E-state index in [-0.39, 0.29) is 76.8 Å². The first-order valence-corrected chi connectivity index (χ1v) is 14.8. The van der Waals surface area contributed by atoms with E-state index in [0.717, 1.165) is 10.5 Å². The molecule has 0 aromatic heterocycles. The van der Waals surface area contributed by atoms with Gasteiger partial charge in [0, 0.05) is 12.2 Å². The third kappa shape index (κ3) is 10.5. The molecule has 14 heteroatoms. The number of para-hydroxylation sites is 1. The number of imide groups is 1. The van der Waals surface area contributed by atoms with Crippen molar-refractivity contribution in [1.82, 2.24) is 4.90 Å². The Hall–Kier alpha value is -2.48. The summed E-state index contributed by atoms with van der Waals surface area (Å²) in [6.45, 7) is 0.248. The maximum absolute atomic E-state index is 13.3. The highest BCUT2D eigenvalue weighted by atomic mass is 32.2. The minimum Gasteiger partial charge on any atom is -0.491 e. The molecule has 1 heterocycles. The second-order valence-electron chi connectivity index (χ2n) is 8.10. The van der Waals surface area contributed by atoms with Crippen LogP contribution in [0.3, 0.4) is 0 Å². The van der Waals surface area contributed by atoms with Crippen molar-refractivity contribution in [2.24, 2.45) is 5.90 Å². The first-order valence-electron chi connectivity index (χ1n) is 12.3. The van der Waals surface area contributed by atoms with Crippen molar-refractivity contribution in [3.05, 3.63) is 60.2 Å². The van der Waals surface area contributed by atoms with Crippen LogP contribution in [-0.4, -0.2) is 79.0 Å². The predicted octanol–water partition coefficient (Wildman–Crippen LogP) is 2.55. The van der Waals surface area contributed by atoms with Gasteiger partial charge in [0.1, 0.15) is 18.1 Å².